The molecule has 150 valence electrons. The van der Waals surface area contributed by atoms with Crippen LogP contribution in [0.1, 0.15) is 34.1 Å². The lowest BCUT2D eigenvalue weighted by Crippen LogP contribution is -2.20. The molecule has 2 amide bonds. The molecule has 29 heavy (non-hydrogen) atoms. The molecule has 0 aliphatic carbocycles. The number of ether oxygens (including phenoxy) is 1. The third-order valence-corrected chi connectivity index (χ3v) is 5.15. The van der Waals surface area contributed by atoms with Gasteiger partial charge in [0.2, 0.25) is 0 Å². The smallest absolute Gasteiger partial charge is 0.257 e. The minimum atomic E-state index is -0.576. The second-order valence-corrected chi connectivity index (χ2v) is 7.81. The molecule has 1 heterocycles. The van der Waals surface area contributed by atoms with Crippen LogP contribution in [-0.2, 0) is 11.2 Å². The quantitative estimate of drug-likeness (QED) is 0.583. The van der Waals surface area contributed by atoms with E-state index in [1.165, 1.54) is 16.9 Å². The summed E-state index contributed by atoms with van der Waals surface area (Å²) in [6, 6.07) is 14.9. The van der Waals surface area contributed by atoms with Crippen molar-refractivity contribution in [3.05, 3.63) is 64.5 Å². The topological polar surface area (TPSA) is 94.3 Å². The number of nitrogens with one attached hydrogen (secondary N) is 1. The molecule has 0 spiro atoms. The summed E-state index contributed by atoms with van der Waals surface area (Å²) in [5.41, 5.74) is 8.68. The van der Waals surface area contributed by atoms with Crippen LogP contribution in [0.4, 0.5) is 5.13 Å². The highest BCUT2D eigenvalue weighted by molar-refractivity contribution is 7.16. The van der Waals surface area contributed by atoms with Crippen LogP contribution in [0.2, 0.25) is 0 Å². The lowest BCUT2D eigenvalue weighted by atomic mass is 10.1. The van der Waals surface area contributed by atoms with Gasteiger partial charge in [0.05, 0.1) is 5.69 Å². The van der Waals surface area contributed by atoms with E-state index in [-0.39, 0.29) is 12.5 Å². The summed E-state index contributed by atoms with van der Waals surface area (Å²) < 4.78 is 5.25. The molecule has 0 aliphatic heterocycles. The van der Waals surface area contributed by atoms with E-state index in [2.05, 4.69) is 41.5 Å². The average Bonchev–Trinajstić information content (AvgIpc) is 3.07. The Kier molecular flexibility index (Phi) is 6.61. The Morgan fingerprint density at radius 1 is 1.17 bits per heavy atom. The third kappa shape index (κ3) is 5.42. The highest BCUT2D eigenvalue weighted by atomic mass is 32.1. The molecule has 7 heteroatoms. The van der Waals surface area contributed by atoms with E-state index in [0.29, 0.717) is 16.4 Å². The number of primary amides is 1. The van der Waals surface area contributed by atoms with Crippen molar-refractivity contribution in [1.82, 2.24) is 4.98 Å². The second kappa shape index (κ2) is 9.34. The maximum Gasteiger partial charge on any atom is 0.257 e. The van der Waals surface area contributed by atoms with Gasteiger partial charge in [0.25, 0.3) is 11.8 Å². The van der Waals surface area contributed by atoms with Crippen LogP contribution in [0, 0.1) is 6.92 Å². The summed E-state index contributed by atoms with van der Waals surface area (Å²) in [6.07, 6.45) is 2.17. The molecule has 0 aliphatic rings. The Balaban J connectivity index is 1.72. The number of carbonyl (C=O) groups is 2. The number of carbonyl (C=O) groups excluding carboxylic acids is 2. The lowest BCUT2D eigenvalue weighted by molar-refractivity contribution is -0.119. The van der Waals surface area contributed by atoms with Gasteiger partial charge in [-0.05, 0) is 37.1 Å². The molecule has 3 N–H and O–H groups in total. The van der Waals surface area contributed by atoms with Gasteiger partial charge >= 0.3 is 0 Å². The Morgan fingerprint density at radius 2 is 1.93 bits per heavy atom. The maximum atomic E-state index is 12.6. The van der Waals surface area contributed by atoms with Crippen LogP contribution in [0.15, 0.2) is 48.5 Å². The van der Waals surface area contributed by atoms with Crippen LogP contribution >= 0.6 is 11.3 Å². The molecular weight excluding hydrogens is 386 g/mol. The third-order valence-electron chi connectivity index (χ3n) is 4.26. The zero-order chi connectivity index (χ0) is 20.8. The fourth-order valence-corrected chi connectivity index (χ4v) is 3.72. The number of anilines is 1. The van der Waals surface area contributed by atoms with Gasteiger partial charge in [-0.1, -0.05) is 43.7 Å². The van der Waals surface area contributed by atoms with Gasteiger partial charge in [-0.15, -0.1) is 11.3 Å². The molecule has 6 nitrogen and oxygen atoms in total. The van der Waals surface area contributed by atoms with Crippen molar-refractivity contribution >= 4 is 28.3 Å². The van der Waals surface area contributed by atoms with Crippen molar-refractivity contribution in [2.24, 2.45) is 5.73 Å². The molecule has 0 radical (unpaired) electrons. The lowest BCUT2D eigenvalue weighted by Gasteiger charge is -2.06. The van der Waals surface area contributed by atoms with Crippen molar-refractivity contribution < 1.29 is 14.3 Å². The van der Waals surface area contributed by atoms with Gasteiger partial charge in [0, 0.05) is 16.0 Å². The van der Waals surface area contributed by atoms with Gasteiger partial charge < -0.3 is 10.5 Å². The predicted molar refractivity (Wildman–Crippen MR) is 115 cm³/mol. The fraction of sp³-hybridized carbons (Fsp3) is 0.227. The van der Waals surface area contributed by atoms with E-state index in [9.17, 15) is 9.59 Å². The number of hydrogen-bond acceptors (Lipinski definition) is 5. The number of aryl methyl sites for hydroxylation is 2. The van der Waals surface area contributed by atoms with Crippen LogP contribution in [0.3, 0.4) is 0 Å². The Bertz CT molecular complexity index is 1010. The molecule has 0 saturated heterocycles. The summed E-state index contributed by atoms with van der Waals surface area (Å²) >= 11 is 1.43. The first-order chi connectivity index (χ1) is 14.0. The molecule has 1 aromatic heterocycles. The number of thiazole rings is 1. The Labute approximate surface area is 173 Å². The Morgan fingerprint density at radius 3 is 2.62 bits per heavy atom. The molecule has 2 aromatic carbocycles. The van der Waals surface area contributed by atoms with E-state index < -0.39 is 5.91 Å². The summed E-state index contributed by atoms with van der Waals surface area (Å²) in [5, 5.41) is 3.37. The van der Waals surface area contributed by atoms with Gasteiger partial charge in [-0.3, -0.25) is 14.9 Å². The first-order valence-electron chi connectivity index (χ1n) is 9.35. The maximum absolute atomic E-state index is 12.6. The second-order valence-electron chi connectivity index (χ2n) is 6.61. The zero-order valence-corrected chi connectivity index (χ0v) is 17.2. The summed E-state index contributed by atoms with van der Waals surface area (Å²) in [4.78, 5) is 29.1. The van der Waals surface area contributed by atoms with E-state index in [4.69, 9.17) is 10.5 Å². The number of benzene rings is 2. The zero-order valence-electron chi connectivity index (χ0n) is 16.4. The van der Waals surface area contributed by atoms with Gasteiger partial charge in [0.15, 0.2) is 11.7 Å². The normalized spacial score (nSPS) is 10.6. The van der Waals surface area contributed by atoms with Gasteiger partial charge in [0.1, 0.15) is 5.75 Å². The summed E-state index contributed by atoms with van der Waals surface area (Å²) in [6.45, 7) is 3.91. The fourth-order valence-electron chi connectivity index (χ4n) is 2.89. The van der Waals surface area contributed by atoms with Crippen LogP contribution < -0.4 is 15.8 Å². The van der Waals surface area contributed by atoms with Gasteiger partial charge in [-0.2, -0.15) is 0 Å². The average molecular weight is 410 g/mol. The van der Waals surface area contributed by atoms with E-state index in [0.717, 1.165) is 29.0 Å². The molecular formula is C22H23N3O3S. The van der Waals surface area contributed by atoms with E-state index >= 15 is 0 Å². The number of amides is 2. The van der Waals surface area contributed by atoms with Crippen molar-refractivity contribution in [3.8, 4) is 17.0 Å². The molecule has 0 unspecified atom stereocenters. The molecule has 0 fully saturated rings. The minimum absolute atomic E-state index is 0.239. The van der Waals surface area contributed by atoms with Crippen LogP contribution in [0.25, 0.3) is 11.3 Å². The summed E-state index contributed by atoms with van der Waals surface area (Å²) in [5.74, 6) is -0.471. The Hall–Kier alpha value is -3.19. The van der Waals surface area contributed by atoms with Crippen LogP contribution in [-0.4, -0.2) is 23.4 Å². The predicted octanol–water partition coefficient (Wildman–Crippen LogP) is 4.19. The summed E-state index contributed by atoms with van der Waals surface area (Å²) in [7, 11) is 0. The molecule has 3 rings (SSSR count). The minimum Gasteiger partial charge on any atom is -0.484 e. The number of nitrogens with zero attached hydrogens (tertiary/aromatic N) is 1. The van der Waals surface area contributed by atoms with Crippen LogP contribution in [0.5, 0.6) is 5.75 Å². The van der Waals surface area contributed by atoms with Crippen molar-refractivity contribution in [3.63, 3.8) is 0 Å². The standard InChI is InChI=1S/C22H23N3O3S/c1-3-5-15-8-10-16(11-9-15)20-14(2)29-22(24-20)25-21(27)17-6-4-7-18(12-17)28-13-19(23)26/h4,6-12H,3,5,13H2,1-2H3,(H2,23,26)(H,24,25,27). The number of nitrogens with two attached hydrogens (primary N) is 1. The van der Waals surface area contributed by atoms with E-state index in [1.807, 2.05) is 6.92 Å². The van der Waals surface area contributed by atoms with Gasteiger partial charge in [-0.25, -0.2) is 4.98 Å². The number of rotatable bonds is 8. The van der Waals surface area contributed by atoms with E-state index in [1.54, 1.807) is 24.3 Å². The molecule has 3 aromatic rings. The molecule has 0 atom stereocenters. The highest BCUT2D eigenvalue weighted by Crippen LogP contribution is 2.31. The first-order valence-corrected chi connectivity index (χ1v) is 10.2. The first kappa shape index (κ1) is 20.5. The SMILES string of the molecule is CCCc1ccc(-c2nc(NC(=O)c3cccc(OCC(N)=O)c3)sc2C)cc1. The largest absolute Gasteiger partial charge is 0.484 e. The molecule has 0 saturated carbocycles. The van der Waals surface area contributed by atoms with Crippen molar-refractivity contribution in [1.29, 1.82) is 0 Å². The van der Waals surface area contributed by atoms with Crippen molar-refractivity contribution in [2.75, 3.05) is 11.9 Å². The number of aromatic nitrogens is 1. The highest BCUT2D eigenvalue weighted by Gasteiger charge is 2.14. The molecule has 0 bridgehead atoms. The number of hydrogen-bond donors (Lipinski definition) is 2. The monoisotopic (exact) mass is 409 g/mol. The van der Waals surface area contributed by atoms with Crippen molar-refractivity contribution in [2.45, 2.75) is 26.7 Å².